The molecule has 7 heteroatoms. The van der Waals surface area contributed by atoms with Crippen LogP contribution in [-0.4, -0.2) is 49.6 Å². The van der Waals surface area contributed by atoms with E-state index in [-0.39, 0.29) is 18.6 Å². The number of nitrogens with one attached hydrogen (secondary N) is 1. The molecular weight excluding hydrogens is 363 g/mol. The third-order valence-corrected chi connectivity index (χ3v) is 4.40. The summed E-state index contributed by atoms with van der Waals surface area (Å²) in [6.07, 6.45) is 2.18. The maximum Gasteiger partial charge on any atom is 0.254 e. The zero-order valence-electron chi connectivity index (χ0n) is 15.7. The van der Waals surface area contributed by atoms with Crippen molar-refractivity contribution in [2.45, 2.75) is 18.9 Å². The van der Waals surface area contributed by atoms with Crippen LogP contribution in [0.1, 0.15) is 23.2 Å². The number of halogens is 1. The van der Waals surface area contributed by atoms with Crippen LogP contribution < -0.4 is 10.1 Å². The van der Waals surface area contributed by atoms with Gasteiger partial charge < -0.3 is 19.7 Å². The minimum Gasteiger partial charge on any atom is -0.491 e. The van der Waals surface area contributed by atoms with Crippen molar-refractivity contribution in [2.24, 2.45) is 0 Å². The van der Waals surface area contributed by atoms with E-state index in [1.807, 2.05) is 0 Å². The number of hydrogen-bond donors (Lipinski definition) is 1. The van der Waals surface area contributed by atoms with E-state index in [1.165, 1.54) is 30.1 Å². The minimum absolute atomic E-state index is 0.129. The van der Waals surface area contributed by atoms with Gasteiger partial charge in [-0.15, -0.1) is 0 Å². The lowest BCUT2D eigenvalue weighted by Gasteiger charge is -2.17. The lowest BCUT2D eigenvalue weighted by atomic mass is 10.2. The van der Waals surface area contributed by atoms with Crippen LogP contribution in [0.3, 0.4) is 0 Å². The number of likely N-dealkylation sites (N-methyl/N-ethyl adjacent to an activating group) is 1. The Balaban J connectivity index is 1.50. The summed E-state index contributed by atoms with van der Waals surface area (Å²) in [6.45, 7) is 1.13. The van der Waals surface area contributed by atoms with E-state index < -0.39 is 11.7 Å². The summed E-state index contributed by atoms with van der Waals surface area (Å²) >= 11 is 0. The van der Waals surface area contributed by atoms with Crippen LogP contribution in [0, 0.1) is 5.82 Å². The highest BCUT2D eigenvalue weighted by Gasteiger charge is 2.17. The Morgan fingerprint density at radius 2 is 2.04 bits per heavy atom. The minimum atomic E-state index is -0.441. The molecule has 0 unspecified atom stereocenters. The van der Waals surface area contributed by atoms with Gasteiger partial charge in [0, 0.05) is 24.9 Å². The Morgan fingerprint density at radius 3 is 2.71 bits per heavy atom. The second-order valence-electron chi connectivity index (χ2n) is 6.69. The first-order valence-electron chi connectivity index (χ1n) is 9.16. The smallest absolute Gasteiger partial charge is 0.254 e. The average molecular weight is 386 g/mol. The molecule has 1 heterocycles. The van der Waals surface area contributed by atoms with Crippen molar-refractivity contribution in [3.8, 4) is 5.75 Å². The topological polar surface area (TPSA) is 67.9 Å². The molecule has 148 valence electrons. The Kier molecular flexibility index (Phi) is 6.60. The second kappa shape index (κ2) is 9.32. The van der Waals surface area contributed by atoms with Gasteiger partial charge in [0.2, 0.25) is 5.91 Å². The van der Waals surface area contributed by atoms with E-state index in [9.17, 15) is 14.0 Å². The van der Waals surface area contributed by atoms with Crippen LogP contribution in [0.5, 0.6) is 5.75 Å². The van der Waals surface area contributed by atoms with Crippen LogP contribution in [-0.2, 0) is 9.53 Å². The van der Waals surface area contributed by atoms with E-state index in [0.29, 0.717) is 23.6 Å². The normalized spacial score (nSPS) is 15.9. The Morgan fingerprint density at radius 1 is 1.25 bits per heavy atom. The molecule has 28 heavy (non-hydrogen) atoms. The summed E-state index contributed by atoms with van der Waals surface area (Å²) in [6, 6.07) is 12.4. The number of anilines is 1. The molecule has 1 aliphatic rings. The maximum atomic E-state index is 13.2. The second-order valence-corrected chi connectivity index (χ2v) is 6.69. The number of rotatable bonds is 7. The zero-order valence-corrected chi connectivity index (χ0v) is 15.7. The third-order valence-electron chi connectivity index (χ3n) is 4.40. The molecule has 3 rings (SSSR count). The van der Waals surface area contributed by atoms with Gasteiger partial charge >= 0.3 is 0 Å². The van der Waals surface area contributed by atoms with Gasteiger partial charge in [0.05, 0.1) is 12.6 Å². The molecule has 0 radical (unpaired) electrons. The molecule has 2 aromatic carbocycles. The van der Waals surface area contributed by atoms with E-state index in [1.54, 1.807) is 30.3 Å². The van der Waals surface area contributed by atoms with Crippen molar-refractivity contribution in [3.63, 3.8) is 0 Å². The lowest BCUT2D eigenvalue weighted by Crippen LogP contribution is -2.34. The molecule has 1 atom stereocenters. The van der Waals surface area contributed by atoms with Crippen molar-refractivity contribution in [3.05, 3.63) is 59.9 Å². The monoisotopic (exact) mass is 386 g/mol. The SMILES string of the molecule is CN(CC(=O)Nc1cccc(F)c1)C(=O)c1ccc(OC[C@H]2CCCO2)cc1. The number of hydrogen-bond acceptors (Lipinski definition) is 4. The summed E-state index contributed by atoms with van der Waals surface area (Å²) < 4.78 is 24.4. The first-order chi connectivity index (χ1) is 13.5. The first kappa shape index (κ1) is 19.8. The van der Waals surface area contributed by atoms with Crippen molar-refractivity contribution in [1.29, 1.82) is 0 Å². The van der Waals surface area contributed by atoms with Gasteiger partial charge in [-0.3, -0.25) is 9.59 Å². The van der Waals surface area contributed by atoms with Gasteiger partial charge in [-0.05, 0) is 55.3 Å². The van der Waals surface area contributed by atoms with E-state index in [4.69, 9.17) is 9.47 Å². The van der Waals surface area contributed by atoms with Crippen molar-refractivity contribution >= 4 is 17.5 Å². The fraction of sp³-hybridized carbons (Fsp3) is 0.333. The molecule has 1 fully saturated rings. The molecule has 1 aliphatic heterocycles. The summed E-state index contributed by atoms with van der Waals surface area (Å²) in [7, 11) is 1.54. The van der Waals surface area contributed by atoms with Gasteiger partial charge in [0.25, 0.3) is 5.91 Å². The molecule has 2 amide bonds. The fourth-order valence-corrected chi connectivity index (χ4v) is 2.93. The predicted molar refractivity (Wildman–Crippen MR) is 103 cm³/mol. The molecule has 0 bridgehead atoms. The largest absolute Gasteiger partial charge is 0.491 e. The van der Waals surface area contributed by atoms with Crippen LogP contribution in [0.4, 0.5) is 10.1 Å². The van der Waals surface area contributed by atoms with Gasteiger partial charge in [-0.25, -0.2) is 4.39 Å². The van der Waals surface area contributed by atoms with Crippen molar-refractivity contribution in [2.75, 3.05) is 32.1 Å². The molecule has 6 nitrogen and oxygen atoms in total. The van der Waals surface area contributed by atoms with Crippen molar-refractivity contribution in [1.82, 2.24) is 4.90 Å². The molecule has 1 N–H and O–H groups in total. The number of carbonyl (C=O) groups is 2. The van der Waals surface area contributed by atoms with Crippen molar-refractivity contribution < 1.29 is 23.5 Å². The summed E-state index contributed by atoms with van der Waals surface area (Å²) in [4.78, 5) is 25.9. The Bertz CT molecular complexity index is 819. The Labute approximate surface area is 163 Å². The quantitative estimate of drug-likeness (QED) is 0.794. The first-order valence-corrected chi connectivity index (χ1v) is 9.16. The van der Waals surface area contributed by atoms with Gasteiger partial charge in [-0.1, -0.05) is 6.07 Å². The Hall–Kier alpha value is -2.93. The summed E-state index contributed by atoms with van der Waals surface area (Å²) in [5.41, 5.74) is 0.795. The lowest BCUT2D eigenvalue weighted by molar-refractivity contribution is -0.116. The van der Waals surface area contributed by atoms with Crippen LogP contribution in [0.15, 0.2) is 48.5 Å². The molecule has 1 saturated heterocycles. The molecule has 0 saturated carbocycles. The van der Waals surface area contributed by atoms with Crippen LogP contribution in [0.25, 0.3) is 0 Å². The van der Waals surface area contributed by atoms with Crippen LogP contribution in [0.2, 0.25) is 0 Å². The molecule has 0 aromatic heterocycles. The highest BCUT2D eigenvalue weighted by Crippen LogP contribution is 2.17. The molecule has 0 spiro atoms. The van der Waals surface area contributed by atoms with Gasteiger partial charge in [-0.2, -0.15) is 0 Å². The summed E-state index contributed by atoms with van der Waals surface area (Å²) in [5.74, 6) is -0.472. The number of nitrogens with zero attached hydrogens (tertiary/aromatic N) is 1. The van der Waals surface area contributed by atoms with E-state index >= 15 is 0 Å². The highest BCUT2D eigenvalue weighted by molar-refractivity contribution is 5.99. The highest BCUT2D eigenvalue weighted by atomic mass is 19.1. The number of benzene rings is 2. The number of amides is 2. The molecule has 2 aromatic rings. The number of ether oxygens (including phenoxy) is 2. The standard InChI is InChI=1S/C21H23FN2O4/c1-24(13-20(25)23-17-5-2-4-16(22)12-17)21(26)15-7-9-18(10-8-15)28-14-19-6-3-11-27-19/h2,4-5,7-10,12,19H,3,6,11,13-14H2,1H3,(H,23,25)/t19-/m1/s1. The molecular formula is C21H23FN2O4. The average Bonchev–Trinajstić information content (AvgIpc) is 3.19. The zero-order chi connectivity index (χ0) is 19.9. The van der Waals surface area contributed by atoms with Gasteiger partial charge in [0.1, 0.15) is 18.2 Å². The van der Waals surface area contributed by atoms with Crippen LogP contribution >= 0.6 is 0 Å². The number of carbonyl (C=O) groups excluding carboxylic acids is 2. The molecule has 0 aliphatic carbocycles. The predicted octanol–water partition coefficient (Wildman–Crippen LogP) is 3.09. The third kappa shape index (κ3) is 5.53. The summed E-state index contributed by atoms with van der Waals surface area (Å²) in [5, 5.41) is 2.57. The van der Waals surface area contributed by atoms with E-state index in [0.717, 1.165) is 19.4 Å². The fourth-order valence-electron chi connectivity index (χ4n) is 2.93. The van der Waals surface area contributed by atoms with E-state index in [2.05, 4.69) is 5.32 Å². The van der Waals surface area contributed by atoms with Gasteiger partial charge in [0.15, 0.2) is 0 Å². The maximum absolute atomic E-state index is 13.2.